The van der Waals surface area contributed by atoms with Crippen LogP contribution >= 0.6 is 0 Å². The third-order valence-electron chi connectivity index (χ3n) is 1.98. The lowest BCUT2D eigenvalue weighted by molar-refractivity contribution is -0.274. The van der Waals surface area contributed by atoms with Gasteiger partial charge in [-0.1, -0.05) is 12.1 Å². The molecule has 6 heteroatoms. The normalized spacial score (nSPS) is 11.7. The first kappa shape index (κ1) is 14.6. The maximum absolute atomic E-state index is 12.1. The molecule has 1 N–H and O–H groups in total. The third kappa shape index (κ3) is 5.77. The Bertz CT molecular complexity index is 367. The predicted molar refractivity (Wildman–Crippen MR) is 62.7 cm³/mol. The smallest absolute Gasteiger partial charge is 0.404 e. The molecule has 0 radical (unpaired) electrons. The molecule has 0 heterocycles. The second-order valence-electron chi connectivity index (χ2n) is 3.89. The van der Waals surface area contributed by atoms with Gasteiger partial charge in [-0.2, -0.15) is 0 Å². The van der Waals surface area contributed by atoms with Gasteiger partial charge in [-0.3, -0.25) is 0 Å². The molecule has 3 nitrogen and oxygen atoms in total. The fourth-order valence-corrected chi connectivity index (χ4v) is 1.31. The van der Waals surface area contributed by atoms with Crippen LogP contribution in [0.2, 0.25) is 0 Å². The predicted octanol–water partition coefficient (Wildman–Crippen LogP) is 3.42. The van der Waals surface area contributed by atoms with Gasteiger partial charge in [0, 0.05) is 6.54 Å². The van der Waals surface area contributed by atoms with Crippen LogP contribution in [-0.4, -0.2) is 25.6 Å². The van der Waals surface area contributed by atoms with Crippen LogP contribution in [0.4, 0.5) is 18.9 Å². The molecule has 0 spiro atoms. The molecule has 0 saturated heterocycles. The summed E-state index contributed by atoms with van der Waals surface area (Å²) in [5.41, 5.74) is 0.294. The zero-order valence-electron chi connectivity index (χ0n) is 10.3. The highest BCUT2D eigenvalue weighted by molar-refractivity contribution is 5.56. The quantitative estimate of drug-likeness (QED) is 0.798. The highest BCUT2D eigenvalue weighted by Crippen LogP contribution is 2.29. The van der Waals surface area contributed by atoms with Gasteiger partial charge in [0.1, 0.15) is 0 Å². The van der Waals surface area contributed by atoms with Gasteiger partial charge >= 0.3 is 6.36 Å². The van der Waals surface area contributed by atoms with Crippen LogP contribution in [0.15, 0.2) is 24.3 Å². The van der Waals surface area contributed by atoms with Crippen molar-refractivity contribution in [3.05, 3.63) is 24.3 Å². The van der Waals surface area contributed by atoms with Gasteiger partial charge in [0.05, 0.1) is 18.4 Å². The van der Waals surface area contributed by atoms with E-state index >= 15 is 0 Å². The highest BCUT2D eigenvalue weighted by atomic mass is 19.4. The van der Waals surface area contributed by atoms with Gasteiger partial charge in [-0.15, -0.1) is 13.2 Å². The highest BCUT2D eigenvalue weighted by Gasteiger charge is 2.31. The molecule has 0 atom stereocenters. The number of alkyl halides is 3. The number of hydrogen-bond acceptors (Lipinski definition) is 3. The molecule has 1 aromatic rings. The molecular weight excluding hydrogens is 247 g/mol. The summed E-state index contributed by atoms with van der Waals surface area (Å²) in [5.74, 6) is -0.241. The summed E-state index contributed by atoms with van der Waals surface area (Å²) in [7, 11) is 0. The molecule has 1 aromatic carbocycles. The molecule has 1 rings (SSSR count). The lowest BCUT2D eigenvalue weighted by atomic mass is 10.3. The van der Waals surface area contributed by atoms with Crippen molar-refractivity contribution in [1.29, 1.82) is 0 Å². The fourth-order valence-electron chi connectivity index (χ4n) is 1.31. The Kier molecular flexibility index (Phi) is 5.27. The van der Waals surface area contributed by atoms with Crippen LogP contribution in [-0.2, 0) is 4.74 Å². The van der Waals surface area contributed by atoms with Crippen molar-refractivity contribution in [2.45, 2.75) is 26.3 Å². The Hall–Kier alpha value is -1.43. The van der Waals surface area contributed by atoms with Crippen LogP contribution in [0.5, 0.6) is 5.75 Å². The van der Waals surface area contributed by atoms with Crippen LogP contribution in [0, 0.1) is 0 Å². The summed E-state index contributed by atoms with van der Waals surface area (Å²) >= 11 is 0. The second kappa shape index (κ2) is 6.49. The van der Waals surface area contributed by atoms with Crippen molar-refractivity contribution in [2.75, 3.05) is 18.5 Å². The lowest BCUT2D eigenvalue weighted by Crippen LogP contribution is -2.19. The molecule has 0 saturated carbocycles. The molecular formula is C12H16F3NO2. The first-order valence-corrected chi connectivity index (χ1v) is 5.59. The number of para-hydroxylation sites is 2. The summed E-state index contributed by atoms with van der Waals surface area (Å²) in [5, 5.41) is 2.84. The Labute approximate surface area is 104 Å². The van der Waals surface area contributed by atoms with E-state index in [9.17, 15) is 13.2 Å². The van der Waals surface area contributed by atoms with Crippen molar-refractivity contribution in [2.24, 2.45) is 0 Å². The van der Waals surface area contributed by atoms with Crippen LogP contribution in [0.1, 0.15) is 13.8 Å². The average molecular weight is 263 g/mol. The first-order chi connectivity index (χ1) is 8.38. The summed E-state index contributed by atoms with van der Waals surface area (Å²) in [4.78, 5) is 0. The first-order valence-electron chi connectivity index (χ1n) is 5.59. The van der Waals surface area contributed by atoms with Crippen molar-refractivity contribution < 1.29 is 22.6 Å². The fraction of sp³-hybridized carbons (Fsp3) is 0.500. The lowest BCUT2D eigenvalue weighted by Gasteiger charge is -2.15. The summed E-state index contributed by atoms with van der Waals surface area (Å²) < 4.78 is 45.6. The molecule has 0 amide bonds. The number of anilines is 1. The molecule has 18 heavy (non-hydrogen) atoms. The third-order valence-corrected chi connectivity index (χ3v) is 1.98. The van der Waals surface area contributed by atoms with Crippen molar-refractivity contribution in [3.8, 4) is 5.75 Å². The number of hydrogen-bond donors (Lipinski definition) is 1. The summed E-state index contributed by atoms with van der Waals surface area (Å²) in [6.07, 6.45) is -4.60. The monoisotopic (exact) mass is 263 g/mol. The maximum atomic E-state index is 12.1. The number of halogens is 3. The minimum Gasteiger partial charge on any atom is -0.404 e. The second-order valence-corrected chi connectivity index (χ2v) is 3.89. The molecule has 0 fully saturated rings. The van der Waals surface area contributed by atoms with Crippen molar-refractivity contribution in [3.63, 3.8) is 0 Å². The van der Waals surface area contributed by atoms with Gasteiger partial charge in [-0.05, 0) is 26.0 Å². The van der Waals surface area contributed by atoms with Gasteiger partial charge in [0.15, 0.2) is 5.75 Å². The van der Waals surface area contributed by atoms with Gasteiger partial charge < -0.3 is 14.8 Å². The Morgan fingerprint density at radius 3 is 2.50 bits per heavy atom. The van der Waals surface area contributed by atoms with E-state index in [-0.39, 0.29) is 11.9 Å². The standard InChI is InChI=1S/C12H16F3NO2/c1-9(2)17-8-7-16-10-5-3-4-6-11(10)18-12(13,14)15/h3-6,9,16H,7-8H2,1-2H3. The summed E-state index contributed by atoms with van der Waals surface area (Å²) in [6, 6.07) is 5.90. The molecule has 0 aliphatic heterocycles. The van der Waals surface area contributed by atoms with Crippen molar-refractivity contribution >= 4 is 5.69 Å². The minimum atomic E-state index is -4.69. The Morgan fingerprint density at radius 2 is 1.89 bits per heavy atom. The zero-order valence-corrected chi connectivity index (χ0v) is 10.3. The van der Waals surface area contributed by atoms with E-state index in [1.807, 2.05) is 13.8 Å². The zero-order chi connectivity index (χ0) is 13.6. The maximum Gasteiger partial charge on any atom is 0.573 e. The number of benzene rings is 1. The van der Waals surface area contributed by atoms with E-state index in [2.05, 4.69) is 10.1 Å². The van der Waals surface area contributed by atoms with E-state index in [4.69, 9.17) is 4.74 Å². The van der Waals surface area contributed by atoms with Gasteiger partial charge in [-0.25, -0.2) is 0 Å². The number of rotatable bonds is 6. The number of nitrogens with one attached hydrogen (secondary N) is 1. The summed E-state index contributed by atoms with van der Waals surface area (Å²) in [6.45, 7) is 4.61. The largest absolute Gasteiger partial charge is 0.573 e. The SMILES string of the molecule is CC(C)OCCNc1ccccc1OC(F)(F)F. The number of ether oxygens (including phenoxy) is 2. The molecule has 0 unspecified atom stereocenters. The van der Waals surface area contributed by atoms with E-state index in [0.717, 1.165) is 0 Å². The van der Waals surface area contributed by atoms with Gasteiger partial charge in [0.25, 0.3) is 0 Å². The molecule has 0 aliphatic rings. The van der Waals surface area contributed by atoms with E-state index < -0.39 is 6.36 Å². The molecule has 102 valence electrons. The Morgan fingerprint density at radius 1 is 1.22 bits per heavy atom. The molecule has 0 aliphatic carbocycles. The Balaban J connectivity index is 2.54. The van der Waals surface area contributed by atoms with Gasteiger partial charge in [0.2, 0.25) is 0 Å². The van der Waals surface area contributed by atoms with E-state index in [1.165, 1.54) is 18.2 Å². The van der Waals surface area contributed by atoms with Crippen LogP contribution in [0.3, 0.4) is 0 Å². The van der Waals surface area contributed by atoms with E-state index in [1.54, 1.807) is 6.07 Å². The van der Waals surface area contributed by atoms with Crippen LogP contribution in [0.25, 0.3) is 0 Å². The van der Waals surface area contributed by atoms with Crippen molar-refractivity contribution in [1.82, 2.24) is 0 Å². The van der Waals surface area contributed by atoms with E-state index in [0.29, 0.717) is 18.8 Å². The molecule has 0 bridgehead atoms. The average Bonchev–Trinajstić information content (AvgIpc) is 2.24. The topological polar surface area (TPSA) is 30.5 Å². The molecule has 0 aromatic heterocycles. The minimum absolute atomic E-state index is 0.0912. The van der Waals surface area contributed by atoms with Crippen LogP contribution < -0.4 is 10.1 Å².